The summed E-state index contributed by atoms with van der Waals surface area (Å²) in [5, 5.41) is 5.02. The van der Waals surface area contributed by atoms with E-state index in [1.54, 1.807) is 6.92 Å². The van der Waals surface area contributed by atoms with Crippen LogP contribution in [0.3, 0.4) is 0 Å². The number of anilines is 1. The average molecular weight is 452 g/mol. The topological polar surface area (TPSA) is 55.4 Å². The molecule has 0 bridgehead atoms. The van der Waals surface area contributed by atoms with Crippen molar-refractivity contribution in [1.82, 2.24) is 0 Å². The minimum Gasteiger partial charge on any atom is -0.462 e. The highest BCUT2D eigenvalue weighted by Crippen LogP contribution is 2.37. The van der Waals surface area contributed by atoms with Gasteiger partial charge in [-0.25, -0.2) is 4.79 Å². The van der Waals surface area contributed by atoms with E-state index in [-0.39, 0.29) is 6.61 Å². The number of ether oxygens (including phenoxy) is 1. The maximum atomic E-state index is 12.8. The Kier molecular flexibility index (Phi) is 6.99. The molecule has 162 valence electrons. The van der Waals surface area contributed by atoms with Crippen molar-refractivity contribution >= 4 is 28.2 Å². The van der Waals surface area contributed by atoms with Crippen molar-refractivity contribution in [2.24, 2.45) is 0 Å². The van der Waals surface area contributed by atoms with Crippen molar-refractivity contribution in [3.8, 4) is 34.1 Å². The van der Waals surface area contributed by atoms with E-state index in [1.807, 2.05) is 90.3 Å². The highest BCUT2D eigenvalue weighted by Gasteiger charge is 2.22. The van der Waals surface area contributed by atoms with Crippen LogP contribution in [-0.2, 0) is 9.53 Å². The average Bonchev–Trinajstić information content (AvgIpc) is 3.27. The lowest BCUT2D eigenvalue weighted by Gasteiger charge is -2.08. The number of carbonyl (C=O) groups excluding carboxylic acids is 2. The van der Waals surface area contributed by atoms with Gasteiger partial charge in [0.05, 0.1) is 6.61 Å². The number of carbonyl (C=O) groups is 2. The predicted octanol–water partition coefficient (Wildman–Crippen LogP) is 6.25. The molecular formula is C28H21NO3S. The molecule has 4 nitrogen and oxygen atoms in total. The van der Waals surface area contributed by atoms with E-state index in [4.69, 9.17) is 4.74 Å². The lowest BCUT2D eigenvalue weighted by molar-refractivity contribution is -0.111. The van der Waals surface area contributed by atoms with Crippen LogP contribution in [0.1, 0.15) is 22.8 Å². The second-order valence-corrected chi connectivity index (χ2v) is 7.97. The van der Waals surface area contributed by atoms with Gasteiger partial charge in [-0.05, 0) is 35.7 Å². The maximum Gasteiger partial charge on any atom is 0.341 e. The summed E-state index contributed by atoms with van der Waals surface area (Å²) in [7, 11) is 0. The zero-order chi connectivity index (χ0) is 23.0. The number of rotatable bonds is 5. The molecule has 4 aromatic rings. The van der Waals surface area contributed by atoms with Gasteiger partial charge < -0.3 is 10.1 Å². The van der Waals surface area contributed by atoms with Crippen LogP contribution < -0.4 is 5.32 Å². The Morgan fingerprint density at radius 2 is 1.45 bits per heavy atom. The summed E-state index contributed by atoms with van der Waals surface area (Å²) in [6, 6.07) is 27.3. The van der Waals surface area contributed by atoms with Gasteiger partial charge in [0, 0.05) is 22.4 Å². The highest BCUT2D eigenvalue weighted by molar-refractivity contribution is 7.15. The Balaban J connectivity index is 1.62. The second-order valence-electron chi connectivity index (χ2n) is 7.09. The van der Waals surface area contributed by atoms with Crippen molar-refractivity contribution in [3.63, 3.8) is 0 Å². The van der Waals surface area contributed by atoms with Gasteiger partial charge in [-0.3, -0.25) is 4.79 Å². The highest BCUT2D eigenvalue weighted by atomic mass is 32.1. The molecule has 0 fully saturated rings. The standard InChI is InChI=1S/C28H21NO3S/c1-2-32-28(31)26-24(23-16-14-22(15-17-23)21-11-7-4-8-12-21)19-33-27(26)29-25(30)18-13-20-9-5-3-6-10-20/h3-12,14-17,19H,2H2,1H3,(H,29,30). The smallest absolute Gasteiger partial charge is 0.341 e. The first kappa shape index (κ1) is 22.1. The third-order valence-corrected chi connectivity index (χ3v) is 5.79. The number of nitrogens with one attached hydrogen (secondary N) is 1. The van der Waals surface area contributed by atoms with Crippen LogP contribution in [-0.4, -0.2) is 18.5 Å². The minimum absolute atomic E-state index is 0.238. The van der Waals surface area contributed by atoms with Crippen LogP contribution in [0.5, 0.6) is 0 Å². The first-order valence-corrected chi connectivity index (χ1v) is 11.4. The Bertz CT molecular complexity index is 1310. The third kappa shape index (κ3) is 5.38. The lowest BCUT2D eigenvalue weighted by Crippen LogP contribution is -2.13. The Labute approximate surface area is 196 Å². The van der Waals surface area contributed by atoms with E-state index in [2.05, 4.69) is 17.2 Å². The minimum atomic E-state index is -0.489. The molecular weight excluding hydrogens is 430 g/mol. The van der Waals surface area contributed by atoms with E-state index < -0.39 is 11.9 Å². The molecule has 0 saturated heterocycles. The number of thiophene rings is 1. The fourth-order valence-corrected chi connectivity index (χ4v) is 4.28. The fraction of sp³-hybridized carbons (Fsp3) is 0.0714. The van der Waals surface area contributed by atoms with Gasteiger partial charge in [0.25, 0.3) is 0 Å². The molecule has 1 amide bonds. The summed E-state index contributed by atoms with van der Waals surface area (Å²) in [6.45, 7) is 1.99. The molecule has 5 heteroatoms. The van der Waals surface area contributed by atoms with Gasteiger partial charge in [-0.1, -0.05) is 78.7 Å². The quantitative estimate of drug-likeness (QED) is 0.288. The second kappa shape index (κ2) is 10.4. The third-order valence-electron chi connectivity index (χ3n) is 4.89. The van der Waals surface area contributed by atoms with Crippen LogP contribution in [0.2, 0.25) is 0 Å². The first-order valence-electron chi connectivity index (χ1n) is 10.5. The van der Waals surface area contributed by atoms with E-state index in [9.17, 15) is 9.59 Å². The number of benzene rings is 3. The summed E-state index contributed by atoms with van der Waals surface area (Å²) in [6.07, 6.45) is 0. The fourth-order valence-electron chi connectivity index (χ4n) is 3.33. The Morgan fingerprint density at radius 1 is 0.848 bits per heavy atom. The molecule has 1 aromatic heterocycles. The van der Waals surface area contributed by atoms with E-state index >= 15 is 0 Å². The van der Waals surface area contributed by atoms with Gasteiger partial charge in [0.2, 0.25) is 0 Å². The summed E-state index contributed by atoms with van der Waals surface area (Å²) < 4.78 is 5.27. The summed E-state index contributed by atoms with van der Waals surface area (Å²) >= 11 is 1.28. The molecule has 0 unspecified atom stereocenters. The molecule has 0 aliphatic carbocycles. The number of esters is 1. The number of hydrogen-bond donors (Lipinski definition) is 1. The molecule has 1 N–H and O–H groups in total. The molecule has 0 aliphatic heterocycles. The van der Waals surface area contributed by atoms with E-state index in [1.165, 1.54) is 11.3 Å². The summed E-state index contributed by atoms with van der Waals surface area (Å²) in [5.41, 5.74) is 4.85. The van der Waals surface area contributed by atoms with Gasteiger partial charge in [0.15, 0.2) is 0 Å². The summed E-state index contributed by atoms with van der Waals surface area (Å²) in [4.78, 5) is 25.2. The van der Waals surface area contributed by atoms with Crippen molar-refractivity contribution in [2.75, 3.05) is 11.9 Å². The van der Waals surface area contributed by atoms with Crippen LogP contribution in [0.4, 0.5) is 5.00 Å². The molecule has 1 heterocycles. The predicted molar refractivity (Wildman–Crippen MR) is 133 cm³/mol. The lowest BCUT2D eigenvalue weighted by atomic mass is 9.99. The van der Waals surface area contributed by atoms with Crippen LogP contribution in [0, 0.1) is 11.8 Å². The van der Waals surface area contributed by atoms with E-state index in [0.717, 1.165) is 22.3 Å². The number of amides is 1. The van der Waals surface area contributed by atoms with Gasteiger partial charge in [-0.15, -0.1) is 11.3 Å². The van der Waals surface area contributed by atoms with Crippen molar-refractivity contribution in [2.45, 2.75) is 6.92 Å². The van der Waals surface area contributed by atoms with Crippen molar-refractivity contribution in [1.29, 1.82) is 0 Å². The zero-order valence-corrected chi connectivity index (χ0v) is 18.8. The van der Waals surface area contributed by atoms with Crippen LogP contribution >= 0.6 is 11.3 Å². The monoisotopic (exact) mass is 451 g/mol. The Morgan fingerprint density at radius 3 is 2.12 bits per heavy atom. The molecule has 33 heavy (non-hydrogen) atoms. The zero-order valence-electron chi connectivity index (χ0n) is 18.0. The molecule has 0 atom stereocenters. The SMILES string of the molecule is CCOC(=O)c1c(-c2ccc(-c3ccccc3)cc2)csc1NC(=O)C#Cc1ccccc1. The molecule has 0 saturated carbocycles. The van der Waals surface area contributed by atoms with Gasteiger partial charge in [-0.2, -0.15) is 0 Å². The first-order chi connectivity index (χ1) is 16.2. The Hall–Kier alpha value is -4.14. The number of hydrogen-bond acceptors (Lipinski definition) is 4. The molecule has 4 rings (SSSR count). The van der Waals surface area contributed by atoms with Crippen molar-refractivity contribution < 1.29 is 14.3 Å². The molecule has 0 radical (unpaired) electrons. The molecule has 0 spiro atoms. The largest absolute Gasteiger partial charge is 0.462 e. The summed E-state index contributed by atoms with van der Waals surface area (Å²) in [5.74, 6) is 4.43. The van der Waals surface area contributed by atoms with Crippen LogP contribution in [0.15, 0.2) is 90.3 Å². The van der Waals surface area contributed by atoms with Gasteiger partial charge >= 0.3 is 11.9 Å². The van der Waals surface area contributed by atoms with Crippen molar-refractivity contribution in [3.05, 3.63) is 101 Å². The maximum absolute atomic E-state index is 12.8. The van der Waals surface area contributed by atoms with Gasteiger partial charge in [0.1, 0.15) is 10.6 Å². The van der Waals surface area contributed by atoms with E-state index in [0.29, 0.717) is 16.1 Å². The normalized spacial score (nSPS) is 10.1. The molecule has 3 aromatic carbocycles. The van der Waals surface area contributed by atoms with Crippen LogP contribution in [0.25, 0.3) is 22.3 Å². The molecule has 0 aliphatic rings.